The molecule has 1 aliphatic rings. The maximum Gasteiger partial charge on any atom is 0.330 e. The zero-order valence-electron chi connectivity index (χ0n) is 9.94. The second-order valence-corrected chi connectivity index (χ2v) is 4.28. The standard InChI is InChI=1S/C10H12F2N2O6/c11-7(12)3-1-14(10(19)13-8(3)18)9-6(17)5(16)4(2-15)20-9/h1,4-7,9,15-17H,2H2,(H,13,18,19)/t4-,5?,6?,9-/m0/s1. The zero-order chi connectivity index (χ0) is 15.0. The number of hydrogen-bond acceptors (Lipinski definition) is 6. The summed E-state index contributed by atoms with van der Waals surface area (Å²) in [5, 5.41) is 28.2. The molecule has 1 saturated heterocycles. The van der Waals surface area contributed by atoms with E-state index >= 15 is 0 Å². The van der Waals surface area contributed by atoms with Gasteiger partial charge in [-0.15, -0.1) is 0 Å². The van der Waals surface area contributed by atoms with Gasteiger partial charge in [0.25, 0.3) is 12.0 Å². The lowest BCUT2D eigenvalue weighted by atomic mass is 10.1. The van der Waals surface area contributed by atoms with E-state index in [4.69, 9.17) is 9.84 Å². The van der Waals surface area contributed by atoms with E-state index in [-0.39, 0.29) is 0 Å². The molecule has 0 amide bonds. The van der Waals surface area contributed by atoms with Crippen molar-refractivity contribution < 1.29 is 28.8 Å². The minimum Gasteiger partial charge on any atom is -0.394 e. The SMILES string of the molecule is O=c1[nH]c(=O)n([C@H]2O[C@@H](CO)C(O)C2O)cc1C(F)F. The molecule has 10 heteroatoms. The summed E-state index contributed by atoms with van der Waals surface area (Å²) in [6, 6.07) is 0. The van der Waals surface area contributed by atoms with Gasteiger partial charge in [0.1, 0.15) is 18.3 Å². The predicted molar refractivity (Wildman–Crippen MR) is 59.3 cm³/mol. The van der Waals surface area contributed by atoms with Crippen LogP contribution in [0, 0.1) is 0 Å². The Balaban J connectivity index is 2.46. The van der Waals surface area contributed by atoms with E-state index in [2.05, 4.69) is 0 Å². The quantitative estimate of drug-likeness (QED) is 0.515. The van der Waals surface area contributed by atoms with Crippen molar-refractivity contribution in [1.29, 1.82) is 0 Å². The largest absolute Gasteiger partial charge is 0.394 e. The highest BCUT2D eigenvalue weighted by Crippen LogP contribution is 2.28. The second kappa shape index (κ2) is 5.40. The number of nitrogens with one attached hydrogen (secondary N) is 1. The molecule has 0 saturated carbocycles. The van der Waals surface area contributed by atoms with Gasteiger partial charge in [-0.3, -0.25) is 14.3 Å². The summed E-state index contributed by atoms with van der Waals surface area (Å²) in [6.07, 6.45) is -8.30. The van der Waals surface area contributed by atoms with Crippen LogP contribution in [0.15, 0.2) is 15.8 Å². The van der Waals surface area contributed by atoms with Crippen LogP contribution in [0.4, 0.5) is 8.78 Å². The maximum absolute atomic E-state index is 12.6. The van der Waals surface area contributed by atoms with Crippen molar-refractivity contribution in [2.75, 3.05) is 6.61 Å². The van der Waals surface area contributed by atoms with E-state index in [9.17, 15) is 28.6 Å². The van der Waals surface area contributed by atoms with Gasteiger partial charge in [0.05, 0.1) is 12.2 Å². The molecule has 4 N–H and O–H groups in total. The van der Waals surface area contributed by atoms with E-state index in [0.717, 1.165) is 0 Å². The summed E-state index contributed by atoms with van der Waals surface area (Å²) < 4.78 is 30.8. The molecule has 2 heterocycles. The third kappa shape index (κ3) is 2.38. The number of aliphatic hydroxyl groups is 3. The monoisotopic (exact) mass is 294 g/mol. The zero-order valence-corrected chi connectivity index (χ0v) is 9.94. The van der Waals surface area contributed by atoms with E-state index in [0.29, 0.717) is 10.8 Å². The van der Waals surface area contributed by atoms with Gasteiger partial charge >= 0.3 is 5.69 Å². The van der Waals surface area contributed by atoms with Crippen LogP contribution in [0.1, 0.15) is 18.2 Å². The summed E-state index contributed by atoms with van der Waals surface area (Å²) in [5.41, 5.74) is -3.29. The summed E-state index contributed by atoms with van der Waals surface area (Å²) >= 11 is 0. The van der Waals surface area contributed by atoms with Crippen LogP contribution in [0.5, 0.6) is 0 Å². The van der Waals surface area contributed by atoms with Crippen molar-refractivity contribution in [1.82, 2.24) is 9.55 Å². The molecule has 0 bridgehead atoms. The molecular formula is C10H12F2N2O6. The smallest absolute Gasteiger partial charge is 0.330 e. The van der Waals surface area contributed by atoms with Crippen molar-refractivity contribution >= 4 is 0 Å². The number of aromatic nitrogens is 2. The topological polar surface area (TPSA) is 125 Å². The Bertz CT molecular complexity index is 600. The van der Waals surface area contributed by atoms with Gasteiger partial charge in [0, 0.05) is 6.20 Å². The van der Waals surface area contributed by atoms with Crippen LogP contribution in [0.3, 0.4) is 0 Å². The minimum atomic E-state index is -3.12. The lowest BCUT2D eigenvalue weighted by molar-refractivity contribution is -0.0554. The van der Waals surface area contributed by atoms with Crippen LogP contribution in [-0.4, -0.2) is 49.8 Å². The highest BCUT2D eigenvalue weighted by molar-refractivity contribution is 5.07. The molecule has 112 valence electrons. The summed E-state index contributed by atoms with van der Waals surface area (Å²) in [4.78, 5) is 24.4. The first-order chi connectivity index (χ1) is 9.36. The molecule has 0 radical (unpaired) electrons. The molecule has 1 fully saturated rings. The molecule has 2 unspecified atom stereocenters. The first-order valence-electron chi connectivity index (χ1n) is 5.62. The fourth-order valence-corrected chi connectivity index (χ4v) is 1.96. The summed E-state index contributed by atoms with van der Waals surface area (Å²) in [6.45, 7) is -0.630. The third-order valence-corrected chi connectivity index (χ3v) is 3.02. The number of aromatic amines is 1. The molecule has 0 aromatic carbocycles. The van der Waals surface area contributed by atoms with Crippen molar-refractivity contribution in [3.05, 3.63) is 32.6 Å². The minimum absolute atomic E-state index is 0.548. The maximum atomic E-state index is 12.6. The molecule has 2 rings (SSSR count). The molecule has 20 heavy (non-hydrogen) atoms. The Kier molecular flexibility index (Phi) is 3.99. The van der Waals surface area contributed by atoms with Crippen LogP contribution >= 0.6 is 0 Å². The number of ether oxygens (including phenoxy) is 1. The number of aliphatic hydroxyl groups excluding tert-OH is 3. The van der Waals surface area contributed by atoms with E-state index in [1.165, 1.54) is 0 Å². The van der Waals surface area contributed by atoms with Crippen LogP contribution in [-0.2, 0) is 4.74 Å². The van der Waals surface area contributed by atoms with Crippen molar-refractivity contribution in [3.63, 3.8) is 0 Å². The lowest BCUT2D eigenvalue weighted by Crippen LogP contribution is -2.39. The number of alkyl halides is 2. The molecule has 1 aromatic rings. The second-order valence-electron chi connectivity index (χ2n) is 4.28. The Morgan fingerprint density at radius 1 is 1.35 bits per heavy atom. The van der Waals surface area contributed by atoms with Crippen LogP contribution < -0.4 is 11.2 Å². The highest BCUT2D eigenvalue weighted by atomic mass is 19.3. The number of halogens is 2. The number of H-pyrrole nitrogens is 1. The molecule has 1 aliphatic heterocycles. The average molecular weight is 294 g/mol. The number of hydrogen-bond donors (Lipinski definition) is 4. The van der Waals surface area contributed by atoms with Gasteiger partial charge in [0.2, 0.25) is 0 Å². The molecule has 1 aromatic heterocycles. The Hall–Kier alpha value is -1.62. The number of rotatable bonds is 3. The molecule has 0 spiro atoms. The van der Waals surface area contributed by atoms with Crippen molar-refractivity contribution in [3.8, 4) is 0 Å². The lowest BCUT2D eigenvalue weighted by Gasteiger charge is -2.17. The van der Waals surface area contributed by atoms with Gasteiger partial charge in [-0.05, 0) is 0 Å². The van der Waals surface area contributed by atoms with Gasteiger partial charge in [-0.1, -0.05) is 0 Å². The van der Waals surface area contributed by atoms with Gasteiger partial charge in [-0.2, -0.15) is 0 Å². The molecule has 4 atom stereocenters. The third-order valence-electron chi connectivity index (χ3n) is 3.02. The Morgan fingerprint density at radius 3 is 2.50 bits per heavy atom. The van der Waals surface area contributed by atoms with Gasteiger partial charge in [0.15, 0.2) is 6.23 Å². The normalized spacial score (nSPS) is 30.1. The highest BCUT2D eigenvalue weighted by Gasteiger charge is 2.44. The van der Waals surface area contributed by atoms with Crippen molar-refractivity contribution in [2.24, 2.45) is 0 Å². The predicted octanol–water partition coefficient (Wildman–Crippen LogP) is -1.91. The van der Waals surface area contributed by atoms with Crippen molar-refractivity contribution in [2.45, 2.75) is 31.0 Å². The van der Waals surface area contributed by atoms with E-state index in [1.54, 1.807) is 4.98 Å². The van der Waals surface area contributed by atoms with Gasteiger partial charge in [-0.25, -0.2) is 13.6 Å². The van der Waals surface area contributed by atoms with Crippen LogP contribution in [0.25, 0.3) is 0 Å². The van der Waals surface area contributed by atoms with E-state index < -0.39 is 54.4 Å². The summed E-state index contributed by atoms with van der Waals surface area (Å²) in [5.74, 6) is 0. The first kappa shape index (κ1) is 14.8. The van der Waals surface area contributed by atoms with Gasteiger partial charge < -0.3 is 20.1 Å². The first-order valence-corrected chi connectivity index (χ1v) is 5.62. The molecule has 0 aliphatic carbocycles. The van der Waals surface area contributed by atoms with E-state index in [1.807, 2.05) is 0 Å². The average Bonchev–Trinajstić information content (AvgIpc) is 2.66. The Labute approximate surface area is 109 Å². The van der Waals surface area contributed by atoms with Crippen LogP contribution in [0.2, 0.25) is 0 Å². The fraction of sp³-hybridized carbons (Fsp3) is 0.600. The Morgan fingerprint density at radius 2 is 2.00 bits per heavy atom. The molecular weight excluding hydrogens is 282 g/mol. The number of nitrogens with zero attached hydrogens (tertiary/aromatic N) is 1. The fourth-order valence-electron chi connectivity index (χ4n) is 1.96. The molecule has 8 nitrogen and oxygen atoms in total. The summed E-state index contributed by atoms with van der Waals surface area (Å²) in [7, 11) is 0.